The van der Waals surface area contributed by atoms with E-state index in [4.69, 9.17) is 0 Å². The molecule has 2 heterocycles. The Kier molecular flexibility index (Phi) is 2.23. The second-order valence-electron chi connectivity index (χ2n) is 2.36. The van der Waals surface area contributed by atoms with Gasteiger partial charge in [-0.25, -0.2) is 0 Å². The Balaban J connectivity index is 1.80. The van der Waals surface area contributed by atoms with Crippen molar-refractivity contribution in [2.75, 3.05) is 23.0 Å². The fraction of sp³-hybridized carbons (Fsp3) is 1.00. The van der Waals surface area contributed by atoms with Gasteiger partial charge in [0.05, 0.1) is 0 Å². The van der Waals surface area contributed by atoms with E-state index in [1.165, 1.54) is 23.0 Å². The molecular formula is C6H10S3. The van der Waals surface area contributed by atoms with E-state index < -0.39 is 0 Å². The fourth-order valence-corrected chi connectivity index (χ4v) is 5.13. The normalized spacial score (nSPS) is 42.7. The van der Waals surface area contributed by atoms with Crippen LogP contribution in [-0.4, -0.2) is 33.5 Å². The maximum Gasteiger partial charge on any atom is 0.0265 e. The van der Waals surface area contributed by atoms with Crippen molar-refractivity contribution < 1.29 is 0 Å². The molecule has 2 unspecified atom stereocenters. The quantitative estimate of drug-likeness (QED) is 0.563. The molecule has 0 aromatic rings. The highest BCUT2D eigenvalue weighted by atomic mass is 32.2. The van der Waals surface area contributed by atoms with E-state index in [-0.39, 0.29) is 0 Å². The van der Waals surface area contributed by atoms with Crippen molar-refractivity contribution >= 4 is 35.3 Å². The summed E-state index contributed by atoms with van der Waals surface area (Å²) in [4.78, 5) is 0. The summed E-state index contributed by atoms with van der Waals surface area (Å²) in [5, 5.41) is 2.05. The predicted octanol–water partition coefficient (Wildman–Crippen LogP) is 1.95. The minimum absolute atomic E-state index is 1.01. The monoisotopic (exact) mass is 178 g/mol. The molecule has 0 spiro atoms. The Hall–Kier alpha value is 1.05. The highest BCUT2D eigenvalue weighted by molar-refractivity contribution is 8.10. The lowest BCUT2D eigenvalue weighted by Gasteiger charge is -2.18. The SMILES string of the molecule is C1CSC(C2CS2)CS1. The number of hydrogen-bond acceptors (Lipinski definition) is 3. The molecule has 2 atom stereocenters. The summed E-state index contributed by atoms with van der Waals surface area (Å²) in [5.41, 5.74) is 0. The summed E-state index contributed by atoms with van der Waals surface area (Å²) < 4.78 is 0. The molecule has 0 N–H and O–H groups in total. The van der Waals surface area contributed by atoms with Crippen molar-refractivity contribution in [1.29, 1.82) is 0 Å². The van der Waals surface area contributed by atoms with Crippen molar-refractivity contribution in [3.8, 4) is 0 Å². The average Bonchev–Trinajstić information content (AvgIpc) is 2.71. The summed E-state index contributed by atoms with van der Waals surface area (Å²) in [6.45, 7) is 0. The van der Waals surface area contributed by atoms with Gasteiger partial charge in [0.25, 0.3) is 0 Å². The van der Waals surface area contributed by atoms with Gasteiger partial charge in [0, 0.05) is 33.5 Å². The van der Waals surface area contributed by atoms with E-state index in [1.807, 2.05) is 0 Å². The lowest BCUT2D eigenvalue weighted by molar-refractivity contribution is 1.01. The van der Waals surface area contributed by atoms with Crippen molar-refractivity contribution in [1.82, 2.24) is 0 Å². The van der Waals surface area contributed by atoms with Gasteiger partial charge < -0.3 is 0 Å². The first-order valence-electron chi connectivity index (χ1n) is 3.28. The molecule has 2 fully saturated rings. The first-order chi connectivity index (χ1) is 4.47. The Bertz CT molecular complexity index is 94.5. The standard InChI is InChI=1S/C6H10S3/c1-2-8-5(3-7-1)6-4-9-6/h5-6H,1-4H2. The predicted molar refractivity (Wildman–Crippen MR) is 49.8 cm³/mol. The van der Waals surface area contributed by atoms with E-state index in [0.717, 1.165) is 10.5 Å². The van der Waals surface area contributed by atoms with Crippen molar-refractivity contribution in [3.05, 3.63) is 0 Å². The maximum absolute atomic E-state index is 2.19. The Morgan fingerprint density at radius 2 is 1.67 bits per heavy atom. The van der Waals surface area contributed by atoms with Gasteiger partial charge in [0.2, 0.25) is 0 Å². The average molecular weight is 178 g/mol. The molecule has 9 heavy (non-hydrogen) atoms. The zero-order valence-corrected chi connectivity index (χ0v) is 7.66. The van der Waals surface area contributed by atoms with Gasteiger partial charge in [-0.15, -0.1) is 0 Å². The fourth-order valence-electron chi connectivity index (χ4n) is 0.991. The van der Waals surface area contributed by atoms with Crippen molar-refractivity contribution in [2.24, 2.45) is 0 Å². The van der Waals surface area contributed by atoms with Gasteiger partial charge in [-0.2, -0.15) is 35.3 Å². The summed E-state index contributed by atoms with van der Waals surface area (Å²) >= 11 is 6.47. The van der Waals surface area contributed by atoms with Gasteiger partial charge in [-0.3, -0.25) is 0 Å². The first kappa shape index (κ1) is 6.74. The molecule has 2 saturated heterocycles. The smallest absolute Gasteiger partial charge is 0.0265 e. The van der Waals surface area contributed by atoms with Crippen LogP contribution in [0.5, 0.6) is 0 Å². The highest BCUT2D eigenvalue weighted by Gasteiger charge is 2.33. The lowest BCUT2D eigenvalue weighted by atomic mass is 10.4. The highest BCUT2D eigenvalue weighted by Crippen LogP contribution is 2.41. The molecule has 0 amide bonds. The molecule has 0 aromatic carbocycles. The zero-order valence-electron chi connectivity index (χ0n) is 5.21. The minimum atomic E-state index is 1.01. The van der Waals surface area contributed by atoms with Gasteiger partial charge in [0.1, 0.15) is 0 Å². The number of hydrogen-bond donors (Lipinski definition) is 0. The number of thioether (sulfide) groups is 3. The third kappa shape index (κ3) is 1.75. The second-order valence-corrected chi connectivity index (χ2v) is 6.13. The van der Waals surface area contributed by atoms with Crippen molar-refractivity contribution in [3.63, 3.8) is 0 Å². The molecule has 0 aliphatic carbocycles. The third-order valence-electron chi connectivity index (χ3n) is 1.62. The Morgan fingerprint density at radius 3 is 2.22 bits per heavy atom. The van der Waals surface area contributed by atoms with E-state index in [0.29, 0.717) is 0 Å². The van der Waals surface area contributed by atoms with E-state index in [9.17, 15) is 0 Å². The maximum atomic E-state index is 2.19. The molecule has 2 rings (SSSR count). The molecule has 0 bridgehead atoms. The van der Waals surface area contributed by atoms with Crippen LogP contribution in [0.4, 0.5) is 0 Å². The second kappa shape index (κ2) is 2.97. The molecule has 0 radical (unpaired) electrons. The number of rotatable bonds is 1. The van der Waals surface area contributed by atoms with Crippen LogP contribution in [0.1, 0.15) is 0 Å². The van der Waals surface area contributed by atoms with Crippen LogP contribution in [0.3, 0.4) is 0 Å². The minimum Gasteiger partial charge on any atom is -0.160 e. The van der Waals surface area contributed by atoms with E-state index in [2.05, 4.69) is 35.3 Å². The lowest BCUT2D eigenvalue weighted by Crippen LogP contribution is -2.18. The molecule has 2 aliphatic rings. The molecule has 3 heteroatoms. The van der Waals surface area contributed by atoms with Crippen molar-refractivity contribution in [2.45, 2.75) is 10.5 Å². The van der Waals surface area contributed by atoms with Gasteiger partial charge >= 0.3 is 0 Å². The van der Waals surface area contributed by atoms with Gasteiger partial charge in [-0.05, 0) is 0 Å². The first-order valence-corrected chi connectivity index (χ1v) is 6.53. The molecule has 0 saturated carbocycles. The van der Waals surface area contributed by atoms with Crippen LogP contribution in [0, 0.1) is 0 Å². The van der Waals surface area contributed by atoms with Crippen LogP contribution in [0.2, 0.25) is 0 Å². The summed E-state index contributed by atoms with van der Waals surface area (Å²) in [6, 6.07) is 0. The van der Waals surface area contributed by atoms with Crippen LogP contribution < -0.4 is 0 Å². The summed E-state index contributed by atoms with van der Waals surface area (Å²) in [6.07, 6.45) is 0. The molecule has 52 valence electrons. The molecule has 2 aliphatic heterocycles. The molecule has 0 nitrogen and oxygen atoms in total. The Labute approximate surface area is 68.9 Å². The topological polar surface area (TPSA) is 0 Å². The van der Waals surface area contributed by atoms with Crippen LogP contribution in [0.25, 0.3) is 0 Å². The molecular weight excluding hydrogens is 168 g/mol. The van der Waals surface area contributed by atoms with Crippen LogP contribution in [-0.2, 0) is 0 Å². The van der Waals surface area contributed by atoms with Gasteiger partial charge in [-0.1, -0.05) is 0 Å². The zero-order chi connectivity index (χ0) is 6.10. The van der Waals surface area contributed by atoms with Crippen LogP contribution >= 0.6 is 35.3 Å². The molecule has 0 aromatic heterocycles. The Morgan fingerprint density at radius 1 is 0.889 bits per heavy atom. The van der Waals surface area contributed by atoms with Crippen LogP contribution in [0.15, 0.2) is 0 Å². The van der Waals surface area contributed by atoms with Gasteiger partial charge in [0.15, 0.2) is 0 Å². The third-order valence-corrected chi connectivity index (χ3v) is 5.75. The summed E-state index contributed by atoms with van der Waals surface area (Å²) in [7, 11) is 0. The summed E-state index contributed by atoms with van der Waals surface area (Å²) in [5.74, 6) is 5.64. The van der Waals surface area contributed by atoms with E-state index >= 15 is 0 Å². The largest absolute Gasteiger partial charge is 0.160 e. The van der Waals surface area contributed by atoms with E-state index in [1.54, 1.807) is 0 Å².